The van der Waals surface area contributed by atoms with E-state index in [0.29, 0.717) is 44.2 Å². The van der Waals surface area contributed by atoms with E-state index in [1.54, 1.807) is 5.38 Å². The molecule has 2 heterocycles. The molecule has 1 aliphatic heterocycles. The Labute approximate surface area is 283 Å². The van der Waals surface area contributed by atoms with Crippen LogP contribution in [0, 0.1) is 5.92 Å². The predicted molar refractivity (Wildman–Crippen MR) is 181 cm³/mol. The first-order chi connectivity index (χ1) is 21.9. The molecule has 0 radical (unpaired) electrons. The molecule has 1 saturated heterocycles. The van der Waals surface area contributed by atoms with Gasteiger partial charge in [-0.2, -0.15) is 0 Å². The van der Waals surface area contributed by atoms with Crippen molar-refractivity contribution in [3.05, 3.63) is 11.1 Å². The van der Waals surface area contributed by atoms with Crippen LogP contribution in [-0.4, -0.2) is 108 Å². The van der Waals surface area contributed by atoms with E-state index in [1.807, 2.05) is 31.8 Å². The van der Waals surface area contributed by atoms with E-state index in [0.717, 1.165) is 13.5 Å². The lowest BCUT2D eigenvalue weighted by Crippen LogP contribution is -2.56. The number of esters is 2. The first kappa shape index (κ1) is 40.1. The summed E-state index contributed by atoms with van der Waals surface area (Å²) < 4.78 is 21.4. The molecule has 1 aromatic rings. The van der Waals surface area contributed by atoms with Gasteiger partial charge in [0.2, 0.25) is 11.8 Å². The second-order valence-electron chi connectivity index (χ2n) is 13.3. The molecule has 266 valence electrons. The van der Waals surface area contributed by atoms with Crippen LogP contribution in [0.25, 0.3) is 0 Å². The molecular formula is C31H53N5O9SSi. The van der Waals surface area contributed by atoms with Crippen molar-refractivity contribution in [2.24, 2.45) is 5.92 Å². The minimum absolute atomic E-state index is 0.0416. The topological polar surface area (TPSA) is 174 Å². The SMILES string of the molecule is COC(=O)[C@H](COC(C)=O)NC(=O)[C@H](CO[Si](C)(C)C(C)(C)C)NC(=O)c1csc(N2CCC(C(=O)NCCCOC(C)C)CC2)n1. The van der Waals surface area contributed by atoms with Crippen LogP contribution in [0.5, 0.6) is 0 Å². The fourth-order valence-electron chi connectivity index (χ4n) is 4.30. The van der Waals surface area contributed by atoms with E-state index in [4.69, 9.17) is 18.6 Å². The number of carbonyl (C=O) groups is 5. The standard InChI is InChI=1S/C31H53N5O9SSi/c1-20(2)43-16-10-13-32-26(38)22-11-14-36(15-12-22)30-35-25(19-46-30)28(40)33-23(18-45-47(8,9)31(4,5)6)27(39)34-24(29(41)42-7)17-44-21(3)37/h19-20,22-24H,10-18H2,1-9H3,(H,32,38)(H,33,40)(H,34,39)/t23-,24-/m0/s1. The second kappa shape index (κ2) is 18.5. The molecule has 14 nitrogen and oxygen atoms in total. The van der Waals surface area contributed by atoms with Gasteiger partial charge in [-0.15, -0.1) is 11.3 Å². The van der Waals surface area contributed by atoms with Gasteiger partial charge in [0, 0.05) is 44.5 Å². The van der Waals surface area contributed by atoms with Crippen LogP contribution in [0.2, 0.25) is 18.1 Å². The highest BCUT2D eigenvalue weighted by Gasteiger charge is 2.39. The Morgan fingerprint density at radius 1 is 1.06 bits per heavy atom. The first-order valence-electron chi connectivity index (χ1n) is 16.0. The van der Waals surface area contributed by atoms with Crippen LogP contribution in [0.4, 0.5) is 5.13 Å². The van der Waals surface area contributed by atoms with E-state index in [-0.39, 0.29) is 35.3 Å². The number of hydrogen-bond acceptors (Lipinski definition) is 12. The van der Waals surface area contributed by atoms with E-state index < -0.39 is 50.8 Å². The number of rotatable bonds is 17. The zero-order valence-corrected chi connectivity index (χ0v) is 31.0. The third-order valence-corrected chi connectivity index (χ3v) is 13.6. The van der Waals surface area contributed by atoms with Gasteiger partial charge in [0.1, 0.15) is 18.3 Å². The third-order valence-electron chi connectivity index (χ3n) is 8.23. The minimum atomic E-state index is -2.34. The average Bonchev–Trinajstić information content (AvgIpc) is 3.50. The summed E-state index contributed by atoms with van der Waals surface area (Å²) in [4.78, 5) is 69.6. The summed E-state index contributed by atoms with van der Waals surface area (Å²) in [6, 6.07) is -2.46. The van der Waals surface area contributed by atoms with E-state index in [2.05, 4.69) is 41.7 Å². The number of methoxy groups -OCH3 is 1. The highest BCUT2D eigenvalue weighted by Crippen LogP contribution is 2.36. The number of anilines is 1. The Balaban J connectivity index is 2.06. The van der Waals surface area contributed by atoms with Crippen LogP contribution in [0.3, 0.4) is 0 Å². The van der Waals surface area contributed by atoms with Crippen molar-refractivity contribution in [2.45, 2.75) is 97.1 Å². The number of aromatic nitrogens is 1. The fraction of sp³-hybridized carbons (Fsp3) is 0.742. The van der Waals surface area contributed by atoms with Gasteiger partial charge in [-0.1, -0.05) is 20.8 Å². The number of nitrogens with zero attached hydrogens (tertiary/aromatic N) is 2. The number of thiazole rings is 1. The minimum Gasteiger partial charge on any atom is -0.467 e. The highest BCUT2D eigenvalue weighted by molar-refractivity contribution is 7.13. The third kappa shape index (κ3) is 13.2. The van der Waals surface area contributed by atoms with Crippen LogP contribution in [0.15, 0.2) is 5.38 Å². The number of amides is 3. The highest BCUT2D eigenvalue weighted by atomic mass is 32.1. The normalized spacial score (nSPS) is 15.5. The molecule has 2 rings (SSSR count). The number of piperidine rings is 1. The summed E-state index contributed by atoms with van der Waals surface area (Å²) in [6.45, 7) is 17.2. The largest absolute Gasteiger partial charge is 0.467 e. The van der Waals surface area contributed by atoms with Crippen LogP contribution in [0.1, 0.15) is 71.3 Å². The summed E-state index contributed by atoms with van der Waals surface area (Å²) in [5.41, 5.74) is 0.128. The first-order valence-corrected chi connectivity index (χ1v) is 19.8. The maximum atomic E-state index is 13.4. The van der Waals surface area contributed by atoms with Gasteiger partial charge in [-0.25, -0.2) is 9.78 Å². The maximum Gasteiger partial charge on any atom is 0.331 e. The summed E-state index contributed by atoms with van der Waals surface area (Å²) >= 11 is 1.30. The lowest BCUT2D eigenvalue weighted by Gasteiger charge is -2.37. The van der Waals surface area contributed by atoms with Gasteiger partial charge < -0.3 is 39.5 Å². The molecular weight excluding hydrogens is 647 g/mol. The molecule has 0 saturated carbocycles. The molecule has 2 atom stereocenters. The Hall–Kier alpha value is -3.08. The number of hydrogen-bond donors (Lipinski definition) is 3. The molecule has 16 heteroatoms. The van der Waals surface area contributed by atoms with Crippen molar-refractivity contribution in [3.8, 4) is 0 Å². The predicted octanol–water partition coefficient (Wildman–Crippen LogP) is 2.63. The van der Waals surface area contributed by atoms with Crippen molar-refractivity contribution < 1.29 is 42.6 Å². The molecule has 0 aromatic carbocycles. The van der Waals surface area contributed by atoms with E-state index >= 15 is 0 Å². The van der Waals surface area contributed by atoms with Crippen LogP contribution < -0.4 is 20.9 Å². The van der Waals surface area contributed by atoms with Crippen molar-refractivity contribution in [1.82, 2.24) is 20.9 Å². The molecule has 1 fully saturated rings. The zero-order valence-electron chi connectivity index (χ0n) is 29.2. The monoisotopic (exact) mass is 699 g/mol. The van der Waals surface area contributed by atoms with Crippen molar-refractivity contribution in [1.29, 1.82) is 0 Å². The number of carbonyl (C=O) groups excluding carboxylic acids is 5. The molecule has 0 aliphatic carbocycles. The lowest BCUT2D eigenvalue weighted by atomic mass is 9.96. The molecule has 0 spiro atoms. The molecule has 1 aliphatic rings. The molecule has 3 N–H and O–H groups in total. The van der Waals surface area contributed by atoms with Crippen molar-refractivity contribution in [3.63, 3.8) is 0 Å². The summed E-state index contributed by atoms with van der Waals surface area (Å²) in [5, 5.41) is 10.3. The van der Waals surface area contributed by atoms with Gasteiger partial charge in [-0.05, 0) is 51.2 Å². The zero-order chi connectivity index (χ0) is 35.4. The van der Waals surface area contributed by atoms with Gasteiger partial charge in [0.05, 0.1) is 19.8 Å². The molecule has 1 aromatic heterocycles. The van der Waals surface area contributed by atoms with Crippen molar-refractivity contribution >= 4 is 54.4 Å². The number of ether oxygens (including phenoxy) is 3. The Bertz CT molecular complexity index is 1210. The summed E-state index contributed by atoms with van der Waals surface area (Å²) in [7, 11) is -1.19. The van der Waals surface area contributed by atoms with Crippen LogP contribution >= 0.6 is 11.3 Å². The van der Waals surface area contributed by atoms with Gasteiger partial charge in [0.15, 0.2) is 19.5 Å². The fourth-order valence-corrected chi connectivity index (χ4v) is 6.18. The average molecular weight is 700 g/mol. The van der Waals surface area contributed by atoms with Crippen LogP contribution in [-0.2, 0) is 37.8 Å². The van der Waals surface area contributed by atoms with Gasteiger partial charge >= 0.3 is 11.9 Å². The summed E-state index contributed by atoms with van der Waals surface area (Å²) in [6.07, 6.45) is 2.26. The van der Waals surface area contributed by atoms with Gasteiger partial charge in [0.25, 0.3) is 5.91 Å². The number of nitrogens with one attached hydrogen (secondary N) is 3. The molecule has 47 heavy (non-hydrogen) atoms. The molecule has 0 unspecified atom stereocenters. The quantitative estimate of drug-likeness (QED) is 0.124. The Kier molecular flexibility index (Phi) is 15.7. The van der Waals surface area contributed by atoms with E-state index in [1.165, 1.54) is 18.3 Å². The lowest BCUT2D eigenvalue weighted by molar-refractivity contribution is -0.151. The van der Waals surface area contributed by atoms with Crippen molar-refractivity contribution in [2.75, 3.05) is 51.5 Å². The summed E-state index contributed by atoms with van der Waals surface area (Å²) in [5.74, 6) is -2.78. The second-order valence-corrected chi connectivity index (χ2v) is 19.0. The molecule has 0 bridgehead atoms. The van der Waals surface area contributed by atoms with E-state index in [9.17, 15) is 24.0 Å². The Morgan fingerprint density at radius 2 is 1.72 bits per heavy atom. The maximum absolute atomic E-state index is 13.4. The van der Waals surface area contributed by atoms with Gasteiger partial charge in [-0.3, -0.25) is 19.2 Å². The Morgan fingerprint density at radius 3 is 2.30 bits per heavy atom. The molecule has 3 amide bonds. The smallest absolute Gasteiger partial charge is 0.331 e.